The number of carbonyl (C=O) groups excluding carboxylic acids is 2. The maximum Gasteiger partial charge on any atom is 0.339 e. The van der Waals surface area contributed by atoms with Crippen molar-refractivity contribution in [3.05, 3.63) is 83.2 Å². The number of ether oxygens (including phenoxy) is 1. The first-order chi connectivity index (χ1) is 14.4. The number of nitrogens with zero attached hydrogens (tertiary/aromatic N) is 1. The lowest BCUT2D eigenvalue weighted by Crippen LogP contribution is -2.14. The fourth-order valence-electron chi connectivity index (χ4n) is 3.86. The van der Waals surface area contributed by atoms with E-state index in [9.17, 15) is 14.7 Å². The number of aliphatic hydroxyl groups excluding tert-OH is 1. The molecule has 3 aromatic carbocycles. The number of esters is 1. The third-order valence-electron chi connectivity index (χ3n) is 5.18. The summed E-state index contributed by atoms with van der Waals surface area (Å²) in [7, 11) is 1.15. The van der Waals surface area contributed by atoms with Gasteiger partial charge in [-0.15, -0.1) is 0 Å². The number of rotatable bonds is 5. The lowest BCUT2D eigenvalue weighted by Gasteiger charge is -2.12. The molecule has 0 saturated carbocycles. The smallest absolute Gasteiger partial charge is 0.339 e. The van der Waals surface area contributed by atoms with Crippen molar-refractivity contribution in [2.45, 2.75) is 12.6 Å². The summed E-state index contributed by atoms with van der Waals surface area (Å²) in [6.45, 7) is 0.317. The number of aromatic nitrogens is 1. The predicted molar refractivity (Wildman–Crippen MR) is 110 cm³/mol. The van der Waals surface area contributed by atoms with Crippen molar-refractivity contribution in [3.63, 3.8) is 0 Å². The molecule has 0 aliphatic heterocycles. The number of carbonyl (C=O) groups is 2. The van der Waals surface area contributed by atoms with Gasteiger partial charge in [0.25, 0.3) is 0 Å². The van der Waals surface area contributed by atoms with E-state index in [1.807, 2.05) is 30.3 Å². The molecule has 1 unspecified atom stereocenters. The first kappa shape index (κ1) is 19.6. The fraction of sp³-hybridized carbons (Fsp3) is 0.130. The van der Waals surface area contributed by atoms with Gasteiger partial charge in [-0.3, -0.25) is 4.79 Å². The van der Waals surface area contributed by atoms with Crippen LogP contribution in [0.5, 0.6) is 0 Å². The molecule has 0 radical (unpaired) electrons. The first-order valence-electron chi connectivity index (χ1n) is 9.27. The summed E-state index contributed by atoms with van der Waals surface area (Å²) in [5.74, 6) is -2.13. The van der Waals surface area contributed by atoms with Gasteiger partial charge in [0.1, 0.15) is 5.82 Å². The monoisotopic (exact) mass is 406 g/mol. The average molecular weight is 406 g/mol. The molecule has 0 spiro atoms. The van der Waals surface area contributed by atoms with Gasteiger partial charge < -0.3 is 20.1 Å². The average Bonchev–Trinajstić information content (AvgIpc) is 3.09. The van der Waals surface area contributed by atoms with E-state index in [2.05, 4.69) is 4.74 Å². The van der Waals surface area contributed by atoms with E-state index < -0.39 is 23.8 Å². The SMILES string of the molecule is COC(=O)C(O)c1ccc(F)c2c1c1c(C(N)=O)cccc1n2Cc1ccccc1. The summed E-state index contributed by atoms with van der Waals surface area (Å²) in [5, 5.41) is 11.2. The molecule has 0 aliphatic carbocycles. The molecule has 7 heteroatoms. The van der Waals surface area contributed by atoms with Crippen molar-refractivity contribution in [2.24, 2.45) is 5.73 Å². The standard InChI is InChI=1S/C23H19FN2O4/c1-30-23(29)21(27)14-10-11-16(24)20-19(14)18-15(22(25)28)8-5-9-17(18)26(20)12-13-6-3-2-4-7-13/h2-11,21,27H,12H2,1H3,(H2,25,28). The van der Waals surface area contributed by atoms with E-state index in [1.54, 1.807) is 16.7 Å². The van der Waals surface area contributed by atoms with Crippen LogP contribution in [0, 0.1) is 5.82 Å². The van der Waals surface area contributed by atoms with Crippen LogP contribution in [0.1, 0.15) is 27.6 Å². The Morgan fingerprint density at radius 3 is 2.47 bits per heavy atom. The normalized spacial score (nSPS) is 12.2. The number of primary amides is 1. The molecule has 0 aliphatic rings. The first-order valence-corrected chi connectivity index (χ1v) is 9.27. The van der Waals surface area contributed by atoms with Crippen LogP contribution in [0.4, 0.5) is 4.39 Å². The molecule has 1 atom stereocenters. The number of benzene rings is 3. The predicted octanol–water partition coefficient (Wildman–Crippen LogP) is 3.29. The summed E-state index contributed by atoms with van der Waals surface area (Å²) in [6, 6.07) is 16.9. The number of amides is 1. The molecular weight excluding hydrogens is 387 g/mol. The van der Waals surface area contributed by atoms with Crippen LogP contribution in [0.2, 0.25) is 0 Å². The van der Waals surface area contributed by atoms with Gasteiger partial charge in [0.05, 0.1) is 18.1 Å². The highest BCUT2D eigenvalue weighted by atomic mass is 19.1. The number of hydrogen-bond acceptors (Lipinski definition) is 4. The van der Waals surface area contributed by atoms with Crippen molar-refractivity contribution in [1.29, 1.82) is 0 Å². The Balaban J connectivity index is 2.14. The molecule has 4 aromatic rings. The summed E-state index contributed by atoms with van der Waals surface area (Å²) in [5.41, 5.74) is 7.55. The Morgan fingerprint density at radius 2 is 1.80 bits per heavy atom. The lowest BCUT2D eigenvalue weighted by molar-refractivity contribution is -0.150. The van der Waals surface area contributed by atoms with Gasteiger partial charge >= 0.3 is 5.97 Å². The second-order valence-corrected chi connectivity index (χ2v) is 6.92. The van der Waals surface area contributed by atoms with E-state index in [0.29, 0.717) is 17.4 Å². The molecule has 30 heavy (non-hydrogen) atoms. The number of hydrogen-bond donors (Lipinski definition) is 2. The molecule has 1 aromatic heterocycles. The summed E-state index contributed by atoms with van der Waals surface area (Å²) in [4.78, 5) is 24.2. The molecule has 0 saturated heterocycles. The maximum absolute atomic E-state index is 15.1. The van der Waals surface area contributed by atoms with E-state index in [0.717, 1.165) is 12.7 Å². The third-order valence-corrected chi connectivity index (χ3v) is 5.18. The zero-order valence-corrected chi connectivity index (χ0v) is 16.1. The number of nitrogens with two attached hydrogens (primary N) is 1. The summed E-state index contributed by atoms with van der Waals surface area (Å²) < 4.78 is 21.5. The molecule has 0 fully saturated rings. The number of methoxy groups -OCH3 is 1. The molecular formula is C23H19FN2O4. The quantitative estimate of drug-likeness (QED) is 0.497. The lowest BCUT2D eigenvalue weighted by atomic mass is 9.98. The summed E-state index contributed by atoms with van der Waals surface area (Å²) >= 11 is 0. The second kappa shape index (κ2) is 7.61. The molecule has 6 nitrogen and oxygen atoms in total. The van der Waals surface area contributed by atoms with E-state index in [1.165, 1.54) is 18.2 Å². The Hall–Kier alpha value is -3.71. The third kappa shape index (κ3) is 3.09. The minimum Gasteiger partial charge on any atom is -0.467 e. The number of halogens is 1. The highest BCUT2D eigenvalue weighted by Crippen LogP contribution is 2.38. The van der Waals surface area contributed by atoms with Gasteiger partial charge in [-0.1, -0.05) is 42.5 Å². The van der Waals surface area contributed by atoms with Crippen molar-refractivity contribution < 1.29 is 23.8 Å². The van der Waals surface area contributed by atoms with Gasteiger partial charge in [-0.2, -0.15) is 0 Å². The molecule has 1 heterocycles. The Kier molecular flexibility index (Phi) is 4.97. The van der Waals surface area contributed by atoms with Crippen molar-refractivity contribution in [1.82, 2.24) is 4.57 Å². The molecule has 4 rings (SSSR count). The van der Waals surface area contributed by atoms with Crippen LogP contribution in [0.15, 0.2) is 60.7 Å². The molecule has 0 bridgehead atoms. The van der Waals surface area contributed by atoms with Crippen LogP contribution in [-0.2, 0) is 16.1 Å². The summed E-state index contributed by atoms with van der Waals surface area (Å²) in [6.07, 6.45) is -1.64. The minimum atomic E-state index is -1.64. The highest BCUT2D eigenvalue weighted by Gasteiger charge is 2.27. The van der Waals surface area contributed by atoms with Crippen LogP contribution in [-0.4, -0.2) is 28.7 Å². The van der Waals surface area contributed by atoms with Gasteiger partial charge in [0, 0.05) is 28.4 Å². The van der Waals surface area contributed by atoms with Gasteiger partial charge in [0.2, 0.25) is 5.91 Å². The Morgan fingerprint density at radius 1 is 1.07 bits per heavy atom. The van der Waals surface area contributed by atoms with Crippen molar-refractivity contribution in [3.8, 4) is 0 Å². The Labute approximate surface area is 171 Å². The van der Waals surface area contributed by atoms with Gasteiger partial charge in [-0.25, -0.2) is 9.18 Å². The van der Waals surface area contributed by atoms with Crippen molar-refractivity contribution >= 4 is 33.7 Å². The van der Waals surface area contributed by atoms with Gasteiger partial charge in [-0.05, 0) is 23.8 Å². The minimum absolute atomic E-state index is 0.142. The van der Waals surface area contributed by atoms with E-state index >= 15 is 4.39 Å². The largest absolute Gasteiger partial charge is 0.467 e. The zero-order valence-electron chi connectivity index (χ0n) is 16.1. The van der Waals surface area contributed by atoms with E-state index in [-0.39, 0.29) is 22.0 Å². The second-order valence-electron chi connectivity index (χ2n) is 6.92. The van der Waals surface area contributed by atoms with Crippen LogP contribution >= 0.6 is 0 Å². The topological polar surface area (TPSA) is 94.6 Å². The van der Waals surface area contributed by atoms with Crippen LogP contribution in [0.25, 0.3) is 21.8 Å². The number of aliphatic hydroxyl groups is 1. The molecule has 1 amide bonds. The molecule has 152 valence electrons. The van der Waals surface area contributed by atoms with Crippen LogP contribution in [0.3, 0.4) is 0 Å². The van der Waals surface area contributed by atoms with Crippen molar-refractivity contribution in [2.75, 3.05) is 7.11 Å². The highest BCUT2D eigenvalue weighted by molar-refractivity contribution is 6.19. The van der Waals surface area contributed by atoms with Crippen LogP contribution < -0.4 is 5.73 Å². The Bertz CT molecular complexity index is 1280. The molecule has 3 N–H and O–H groups in total. The number of fused-ring (bicyclic) bond motifs is 3. The fourth-order valence-corrected chi connectivity index (χ4v) is 3.86. The maximum atomic E-state index is 15.1. The zero-order chi connectivity index (χ0) is 21.4. The van der Waals surface area contributed by atoms with Gasteiger partial charge in [0.15, 0.2) is 6.10 Å². The van der Waals surface area contributed by atoms with E-state index in [4.69, 9.17) is 5.73 Å².